The fourth-order valence-corrected chi connectivity index (χ4v) is 2.91. The molecule has 0 saturated heterocycles. The number of fused-ring (bicyclic) bond motifs is 1. The molecule has 1 aliphatic carbocycles. The van der Waals surface area contributed by atoms with Crippen LogP contribution in [-0.2, 0) is 19.3 Å². The Balaban J connectivity index is 2.23. The molecule has 0 aliphatic heterocycles. The third-order valence-corrected chi connectivity index (χ3v) is 3.60. The summed E-state index contributed by atoms with van der Waals surface area (Å²) in [5.41, 5.74) is 10.0. The number of rotatable bonds is 3. The van der Waals surface area contributed by atoms with Gasteiger partial charge in [0.05, 0.1) is 0 Å². The van der Waals surface area contributed by atoms with Crippen LogP contribution in [0.25, 0.3) is 0 Å². The van der Waals surface area contributed by atoms with E-state index < -0.39 is 0 Å². The van der Waals surface area contributed by atoms with Crippen LogP contribution >= 0.6 is 15.9 Å². The molecule has 76 valence electrons. The van der Waals surface area contributed by atoms with E-state index in [1.165, 1.54) is 34.9 Å². The molecular formula is C12H16BrN. The molecule has 0 spiro atoms. The van der Waals surface area contributed by atoms with Gasteiger partial charge in [-0.3, -0.25) is 0 Å². The van der Waals surface area contributed by atoms with Crippen LogP contribution in [0.3, 0.4) is 0 Å². The highest BCUT2D eigenvalue weighted by Gasteiger charge is 2.14. The predicted octanol–water partition coefficient (Wildman–Crippen LogP) is 2.83. The molecule has 0 unspecified atom stereocenters. The molecule has 14 heavy (non-hydrogen) atoms. The molecule has 0 heterocycles. The van der Waals surface area contributed by atoms with Crippen LogP contribution in [0.4, 0.5) is 0 Å². The first-order valence-electron chi connectivity index (χ1n) is 5.31. The van der Waals surface area contributed by atoms with Gasteiger partial charge in [0.1, 0.15) is 0 Å². The fraction of sp³-hybridized carbons (Fsp3) is 0.500. The zero-order valence-electron chi connectivity index (χ0n) is 8.35. The lowest BCUT2D eigenvalue weighted by molar-refractivity contribution is 0.830. The quantitative estimate of drug-likeness (QED) is 0.881. The zero-order valence-corrected chi connectivity index (χ0v) is 9.94. The van der Waals surface area contributed by atoms with Gasteiger partial charge in [0.25, 0.3) is 0 Å². The van der Waals surface area contributed by atoms with E-state index in [1.807, 2.05) is 0 Å². The van der Waals surface area contributed by atoms with Crippen molar-refractivity contribution in [1.82, 2.24) is 0 Å². The Bertz CT molecular complexity index is 333. The number of hydrogen-bond donors (Lipinski definition) is 1. The minimum Gasteiger partial charge on any atom is -0.330 e. The molecular weight excluding hydrogens is 238 g/mol. The lowest BCUT2D eigenvalue weighted by Gasteiger charge is -2.07. The van der Waals surface area contributed by atoms with E-state index >= 15 is 0 Å². The maximum Gasteiger partial charge on any atom is 0.0212 e. The van der Waals surface area contributed by atoms with Crippen molar-refractivity contribution >= 4 is 15.9 Å². The minimum atomic E-state index is 0.786. The van der Waals surface area contributed by atoms with Crippen LogP contribution in [0.2, 0.25) is 0 Å². The summed E-state index contributed by atoms with van der Waals surface area (Å²) in [7, 11) is 0. The molecule has 2 rings (SSSR count). The average molecular weight is 254 g/mol. The van der Waals surface area contributed by atoms with E-state index in [2.05, 4.69) is 28.1 Å². The van der Waals surface area contributed by atoms with Crippen LogP contribution in [0.15, 0.2) is 16.6 Å². The van der Waals surface area contributed by atoms with Gasteiger partial charge in [-0.05, 0) is 61.4 Å². The summed E-state index contributed by atoms with van der Waals surface area (Å²) >= 11 is 3.66. The highest BCUT2D eigenvalue weighted by Crippen LogP contribution is 2.30. The van der Waals surface area contributed by atoms with Crippen molar-refractivity contribution in [1.29, 1.82) is 0 Å². The molecule has 1 aromatic carbocycles. The van der Waals surface area contributed by atoms with Gasteiger partial charge in [-0.25, -0.2) is 0 Å². The van der Waals surface area contributed by atoms with Crippen molar-refractivity contribution in [3.05, 3.63) is 33.3 Å². The summed E-state index contributed by atoms with van der Waals surface area (Å²) in [4.78, 5) is 0. The van der Waals surface area contributed by atoms with Crippen LogP contribution in [0.1, 0.15) is 29.5 Å². The van der Waals surface area contributed by atoms with E-state index in [9.17, 15) is 0 Å². The topological polar surface area (TPSA) is 26.0 Å². The van der Waals surface area contributed by atoms with Gasteiger partial charge in [0.2, 0.25) is 0 Å². The molecule has 0 atom stereocenters. The zero-order chi connectivity index (χ0) is 9.97. The second-order valence-corrected chi connectivity index (χ2v) is 4.82. The normalized spacial score (nSPS) is 14.4. The predicted molar refractivity (Wildman–Crippen MR) is 63.5 cm³/mol. The van der Waals surface area contributed by atoms with Gasteiger partial charge in [-0.1, -0.05) is 22.0 Å². The van der Waals surface area contributed by atoms with E-state index in [0.29, 0.717) is 0 Å². The molecule has 2 N–H and O–H groups in total. The van der Waals surface area contributed by atoms with Crippen LogP contribution in [0, 0.1) is 0 Å². The van der Waals surface area contributed by atoms with Crippen molar-refractivity contribution < 1.29 is 0 Å². The van der Waals surface area contributed by atoms with Crippen molar-refractivity contribution in [2.24, 2.45) is 5.73 Å². The highest BCUT2D eigenvalue weighted by atomic mass is 79.9. The summed E-state index contributed by atoms with van der Waals surface area (Å²) in [6.07, 6.45) is 6.01. The summed E-state index contributed by atoms with van der Waals surface area (Å²) in [5, 5.41) is 0. The van der Waals surface area contributed by atoms with Crippen LogP contribution in [-0.4, -0.2) is 6.54 Å². The van der Waals surface area contributed by atoms with Crippen molar-refractivity contribution in [3.63, 3.8) is 0 Å². The SMILES string of the molecule is NCCCc1cc(Br)c2c(c1)CCC2. The Morgan fingerprint density at radius 3 is 2.93 bits per heavy atom. The maximum atomic E-state index is 5.52. The van der Waals surface area contributed by atoms with Gasteiger partial charge in [0.15, 0.2) is 0 Å². The number of benzene rings is 1. The molecule has 2 heteroatoms. The molecule has 0 aromatic heterocycles. The number of aryl methyl sites for hydroxylation is 2. The van der Waals surface area contributed by atoms with E-state index in [-0.39, 0.29) is 0 Å². The van der Waals surface area contributed by atoms with E-state index in [0.717, 1.165) is 19.4 Å². The second kappa shape index (κ2) is 4.45. The maximum absolute atomic E-state index is 5.52. The van der Waals surface area contributed by atoms with Crippen LogP contribution < -0.4 is 5.73 Å². The summed E-state index contributed by atoms with van der Waals surface area (Å²) in [6.45, 7) is 0.786. The standard InChI is InChI=1S/C12H16BrN/c13-12-8-9(3-2-6-14)7-10-4-1-5-11(10)12/h7-8H,1-6,14H2. The van der Waals surface area contributed by atoms with E-state index in [1.54, 1.807) is 5.56 Å². The van der Waals surface area contributed by atoms with Gasteiger partial charge in [0, 0.05) is 4.47 Å². The largest absolute Gasteiger partial charge is 0.330 e. The molecule has 1 nitrogen and oxygen atoms in total. The van der Waals surface area contributed by atoms with Gasteiger partial charge in [-0.15, -0.1) is 0 Å². The first-order valence-corrected chi connectivity index (χ1v) is 6.11. The Morgan fingerprint density at radius 1 is 1.29 bits per heavy atom. The number of hydrogen-bond acceptors (Lipinski definition) is 1. The Morgan fingerprint density at radius 2 is 2.14 bits per heavy atom. The second-order valence-electron chi connectivity index (χ2n) is 3.96. The third kappa shape index (κ3) is 2.01. The van der Waals surface area contributed by atoms with Crippen LogP contribution in [0.5, 0.6) is 0 Å². The molecule has 0 fully saturated rings. The van der Waals surface area contributed by atoms with Gasteiger partial charge >= 0.3 is 0 Å². The van der Waals surface area contributed by atoms with Crippen molar-refractivity contribution in [3.8, 4) is 0 Å². The number of nitrogens with two attached hydrogens (primary N) is 1. The van der Waals surface area contributed by atoms with E-state index in [4.69, 9.17) is 5.73 Å². The monoisotopic (exact) mass is 253 g/mol. The Kier molecular flexibility index (Phi) is 3.24. The Hall–Kier alpha value is -0.340. The van der Waals surface area contributed by atoms with Gasteiger partial charge in [-0.2, -0.15) is 0 Å². The summed E-state index contributed by atoms with van der Waals surface area (Å²) < 4.78 is 1.31. The lowest BCUT2D eigenvalue weighted by Crippen LogP contribution is -2.01. The first-order chi connectivity index (χ1) is 6.81. The molecule has 1 aromatic rings. The molecule has 0 amide bonds. The molecule has 0 radical (unpaired) electrons. The van der Waals surface area contributed by atoms with Gasteiger partial charge < -0.3 is 5.73 Å². The number of halogens is 1. The lowest BCUT2D eigenvalue weighted by atomic mass is 10.0. The molecule has 0 saturated carbocycles. The minimum absolute atomic E-state index is 0.786. The molecule has 0 bridgehead atoms. The first kappa shape index (κ1) is 10.2. The van der Waals surface area contributed by atoms with Crippen molar-refractivity contribution in [2.75, 3.05) is 6.54 Å². The average Bonchev–Trinajstić information content (AvgIpc) is 2.63. The Labute approximate surface area is 93.8 Å². The summed E-state index contributed by atoms with van der Waals surface area (Å²) in [6, 6.07) is 4.63. The summed E-state index contributed by atoms with van der Waals surface area (Å²) in [5.74, 6) is 0. The third-order valence-electron chi connectivity index (χ3n) is 2.89. The molecule has 1 aliphatic rings. The van der Waals surface area contributed by atoms with Crippen molar-refractivity contribution in [2.45, 2.75) is 32.1 Å². The smallest absolute Gasteiger partial charge is 0.0212 e. The fourth-order valence-electron chi connectivity index (χ4n) is 2.17. The highest BCUT2D eigenvalue weighted by molar-refractivity contribution is 9.10.